The van der Waals surface area contributed by atoms with E-state index in [1.54, 1.807) is 18.9 Å². The third-order valence-corrected chi connectivity index (χ3v) is 2.97. The van der Waals surface area contributed by atoms with E-state index in [1.165, 1.54) is 5.56 Å². The molecule has 0 spiro atoms. The number of amides is 1. The van der Waals surface area contributed by atoms with Crippen molar-refractivity contribution in [1.82, 2.24) is 4.90 Å². The van der Waals surface area contributed by atoms with Crippen molar-refractivity contribution in [1.29, 1.82) is 0 Å². The highest BCUT2D eigenvalue weighted by Crippen LogP contribution is 2.25. The summed E-state index contributed by atoms with van der Waals surface area (Å²) in [6.45, 7) is 3.05. The molecule has 4 heteroatoms. The molecule has 2 N–H and O–H groups in total. The normalized spacial score (nSPS) is 16.0. The molecule has 1 aliphatic heterocycles. The summed E-state index contributed by atoms with van der Waals surface area (Å²) in [6, 6.07) is 5.78. The van der Waals surface area contributed by atoms with Crippen molar-refractivity contribution in [3.8, 4) is 0 Å². The van der Waals surface area contributed by atoms with E-state index in [-0.39, 0.29) is 12.0 Å². The number of benzene rings is 1. The minimum absolute atomic E-state index is 0.0253. The lowest BCUT2D eigenvalue weighted by Crippen LogP contribution is -2.34. The second-order valence-electron chi connectivity index (χ2n) is 4.10. The van der Waals surface area contributed by atoms with E-state index >= 15 is 0 Å². The number of rotatable bonds is 2. The second kappa shape index (κ2) is 4.14. The second-order valence-corrected chi connectivity index (χ2v) is 4.10. The predicted molar refractivity (Wildman–Crippen MR) is 61.6 cm³/mol. The molecular weight excluding hydrogens is 204 g/mol. The van der Waals surface area contributed by atoms with Crippen LogP contribution in [-0.2, 0) is 22.6 Å². The van der Waals surface area contributed by atoms with Gasteiger partial charge in [-0.15, -0.1) is 0 Å². The largest absolute Gasteiger partial charge is 0.399 e. The first kappa shape index (κ1) is 11.0. The summed E-state index contributed by atoms with van der Waals surface area (Å²) in [5, 5.41) is 0. The van der Waals surface area contributed by atoms with Crippen LogP contribution in [0.3, 0.4) is 0 Å². The highest BCUT2D eigenvalue weighted by Gasteiger charge is 2.26. The molecule has 1 amide bonds. The molecule has 1 aromatic carbocycles. The molecule has 0 radical (unpaired) electrons. The number of anilines is 1. The Morgan fingerprint density at radius 2 is 2.12 bits per heavy atom. The SMILES string of the molecule is COC(C)C(=O)N1Cc2ccc(N)cc2C1. The molecule has 0 aliphatic carbocycles. The maximum Gasteiger partial charge on any atom is 0.251 e. The van der Waals surface area contributed by atoms with Crippen LogP contribution in [0.5, 0.6) is 0 Å². The van der Waals surface area contributed by atoms with Gasteiger partial charge in [0.2, 0.25) is 0 Å². The average Bonchev–Trinajstić information content (AvgIpc) is 2.69. The standard InChI is InChI=1S/C12H16N2O2/c1-8(16-2)12(15)14-6-9-3-4-11(13)5-10(9)7-14/h3-5,8H,6-7,13H2,1-2H3. The first-order valence-corrected chi connectivity index (χ1v) is 5.30. The van der Waals surface area contributed by atoms with E-state index in [4.69, 9.17) is 10.5 Å². The smallest absolute Gasteiger partial charge is 0.251 e. The number of hydrogen-bond donors (Lipinski definition) is 1. The van der Waals surface area contributed by atoms with Gasteiger partial charge in [0.25, 0.3) is 5.91 Å². The third-order valence-electron chi connectivity index (χ3n) is 2.97. The molecule has 1 heterocycles. The van der Waals surface area contributed by atoms with Gasteiger partial charge in [-0.1, -0.05) is 6.07 Å². The van der Waals surface area contributed by atoms with Gasteiger partial charge >= 0.3 is 0 Å². The number of hydrogen-bond acceptors (Lipinski definition) is 3. The quantitative estimate of drug-likeness (QED) is 0.760. The molecule has 86 valence electrons. The molecule has 1 aliphatic rings. The zero-order valence-corrected chi connectivity index (χ0v) is 9.56. The van der Waals surface area contributed by atoms with Crippen molar-refractivity contribution in [2.45, 2.75) is 26.1 Å². The molecule has 2 rings (SSSR count). The number of nitrogens with two attached hydrogens (primary N) is 1. The third kappa shape index (κ3) is 1.88. The highest BCUT2D eigenvalue weighted by atomic mass is 16.5. The van der Waals surface area contributed by atoms with Gasteiger partial charge in [-0.2, -0.15) is 0 Å². The van der Waals surface area contributed by atoms with Gasteiger partial charge in [0.15, 0.2) is 0 Å². The van der Waals surface area contributed by atoms with E-state index in [0.717, 1.165) is 11.3 Å². The summed E-state index contributed by atoms with van der Waals surface area (Å²) in [5.74, 6) is 0.0253. The van der Waals surface area contributed by atoms with Gasteiger partial charge in [0.1, 0.15) is 6.10 Å². The molecule has 1 atom stereocenters. The maximum absolute atomic E-state index is 11.9. The molecule has 1 aromatic rings. The van der Waals surface area contributed by atoms with Crippen LogP contribution in [0.1, 0.15) is 18.1 Å². The molecule has 0 saturated carbocycles. The van der Waals surface area contributed by atoms with Gasteiger partial charge in [-0.25, -0.2) is 0 Å². The van der Waals surface area contributed by atoms with Crippen LogP contribution in [0, 0.1) is 0 Å². The fourth-order valence-electron chi connectivity index (χ4n) is 1.93. The minimum atomic E-state index is -0.383. The Bertz CT molecular complexity index is 417. The van der Waals surface area contributed by atoms with E-state index in [2.05, 4.69) is 0 Å². The monoisotopic (exact) mass is 220 g/mol. The van der Waals surface area contributed by atoms with Gasteiger partial charge in [-0.3, -0.25) is 4.79 Å². The van der Waals surface area contributed by atoms with Crippen LogP contribution in [0.2, 0.25) is 0 Å². The Kier molecular flexibility index (Phi) is 2.83. The summed E-state index contributed by atoms with van der Waals surface area (Å²) in [4.78, 5) is 13.7. The first-order chi connectivity index (χ1) is 7.61. The number of carbonyl (C=O) groups is 1. The van der Waals surface area contributed by atoms with Crippen molar-refractivity contribution in [2.24, 2.45) is 0 Å². The Morgan fingerprint density at radius 1 is 1.44 bits per heavy atom. The van der Waals surface area contributed by atoms with E-state index in [0.29, 0.717) is 13.1 Å². The zero-order valence-electron chi connectivity index (χ0n) is 9.56. The van der Waals surface area contributed by atoms with Crippen molar-refractivity contribution < 1.29 is 9.53 Å². The minimum Gasteiger partial charge on any atom is -0.399 e. The van der Waals surface area contributed by atoms with Crippen LogP contribution in [0.25, 0.3) is 0 Å². The lowest BCUT2D eigenvalue weighted by molar-refractivity contribution is -0.141. The molecule has 4 nitrogen and oxygen atoms in total. The molecule has 1 unspecified atom stereocenters. The first-order valence-electron chi connectivity index (χ1n) is 5.30. The van der Waals surface area contributed by atoms with Crippen LogP contribution >= 0.6 is 0 Å². The van der Waals surface area contributed by atoms with Crippen molar-refractivity contribution in [3.05, 3.63) is 29.3 Å². The van der Waals surface area contributed by atoms with Gasteiger partial charge in [0, 0.05) is 25.9 Å². The van der Waals surface area contributed by atoms with E-state index < -0.39 is 0 Å². The number of ether oxygens (including phenoxy) is 1. The zero-order chi connectivity index (χ0) is 11.7. The Hall–Kier alpha value is -1.55. The molecular formula is C12H16N2O2. The van der Waals surface area contributed by atoms with E-state index in [1.807, 2.05) is 18.2 Å². The van der Waals surface area contributed by atoms with Gasteiger partial charge in [0.05, 0.1) is 0 Å². The fraction of sp³-hybridized carbons (Fsp3) is 0.417. The lowest BCUT2D eigenvalue weighted by atomic mass is 10.1. The molecule has 0 fully saturated rings. The molecule has 0 aromatic heterocycles. The molecule has 0 saturated heterocycles. The average molecular weight is 220 g/mol. The number of nitrogens with zero attached hydrogens (tertiary/aromatic N) is 1. The predicted octanol–water partition coefficient (Wildman–Crippen LogP) is 1.15. The molecule has 0 bridgehead atoms. The number of nitrogen functional groups attached to an aromatic ring is 1. The Morgan fingerprint density at radius 3 is 2.81 bits per heavy atom. The van der Waals surface area contributed by atoms with Gasteiger partial charge < -0.3 is 15.4 Å². The van der Waals surface area contributed by atoms with Crippen molar-refractivity contribution in [2.75, 3.05) is 12.8 Å². The summed E-state index contributed by atoms with van der Waals surface area (Å²) < 4.78 is 5.03. The lowest BCUT2D eigenvalue weighted by Gasteiger charge is -2.19. The van der Waals surface area contributed by atoms with Crippen molar-refractivity contribution >= 4 is 11.6 Å². The number of carbonyl (C=O) groups excluding carboxylic acids is 1. The maximum atomic E-state index is 11.9. The summed E-state index contributed by atoms with van der Waals surface area (Å²) in [5.41, 5.74) is 8.76. The van der Waals surface area contributed by atoms with Crippen LogP contribution in [0.15, 0.2) is 18.2 Å². The topological polar surface area (TPSA) is 55.6 Å². The Labute approximate surface area is 95.0 Å². The number of methoxy groups -OCH3 is 1. The van der Waals surface area contributed by atoms with Crippen LogP contribution in [0.4, 0.5) is 5.69 Å². The summed E-state index contributed by atoms with van der Waals surface area (Å²) in [6.07, 6.45) is -0.383. The summed E-state index contributed by atoms with van der Waals surface area (Å²) in [7, 11) is 1.55. The molecule has 16 heavy (non-hydrogen) atoms. The van der Waals surface area contributed by atoms with Gasteiger partial charge in [-0.05, 0) is 30.2 Å². The summed E-state index contributed by atoms with van der Waals surface area (Å²) >= 11 is 0. The van der Waals surface area contributed by atoms with E-state index in [9.17, 15) is 4.79 Å². The number of fused-ring (bicyclic) bond motifs is 1. The fourth-order valence-corrected chi connectivity index (χ4v) is 1.93. The highest BCUT2D eigenvalue weighted by molar-refractivity contribution is 5.81. The van der Waals surface area contributed by atoms with Crippen LogP contribution in [-0.4, -0.2) is 24.0 Å². The van der Waals surface area contributed by atoms with Crippen LogP contribution < -0.4 is 5.73 Å². The Balaban J connectivity index is 2.14. The van der Waals surface area contributed by atoms with Crippen molar-refractivity contribution in [3.63, 3.8) is 0 Å².